The average Bonchev–Trinajstić information content (AvgIpc) is 2.37. The Morgan fingerprint density at radius 3 is 2.15 bits per heavy atom. The summed E-state index contributed by atoms with van der Waals surface area (Å²) < 4.78 is 43.6. The van der Waals surface area contributed by atoms with E-state index in [0.717, 1.165) is 12.1 Å². The third kappa shape index (κ3) is 4.01. The summed E-state index contributed by atoms with van der Waals surface area (Å²) in [6.45, 7) is -0.357. The maximum atomic E-state index is 12.9. The molecule has 0 aliphatic carbocycles. The molecule has 2 aromatic carbocycles. The number of benzene rings is 2. The van der Waals surface area contributed by atoms with Crippen LogP contribution in [0.5, 0.6) is 5.75 Å². The van der Waals surface area contributed by atoms with Crippen LogP contribution < -0.4 is 10.1 Å². The standard InChI is InChI=1S/C14H10F3NO2/c15-9-1-3-13(4-2-9)20-8-14(19)18-12-6-10(16)5-11(17)7-12/h1-7H,8H2,(H,18,19). The molecule has 1 N–H and O–H groups in total. The molecule has 0 fully saturated rings. The maximum Gasteiger partial charge on any atom is 0.262 e. The number of carbonyl (C=O) groups excluding carboxylic acids is 1. The molecule has 0 bridgehead atoms. The van der Waals surface area contributed by atoms with E-state index in [1.807, 2.05) is 0 Å². The van der Waals surface area contributed by atoms with Crippen LogP contribution in [0, 0.1) is 17.5 Å². The highest BCUT2D eigenvalue weighted by molar-refractivity contribution is 5.91. The topological polar surface area (TPSA) is 38.3 Å². The lowest BCUT2D eigenvalue weighted by molar-refractivity contribution is -0.118. The molecule has 0 saturated carbocycles. The van der Waals surface area contributed by atoms with E-state index in [1.54, 1.807) is 0 Å². The van der Waals surface area contributed by atoms with Gasteiger partial charge >= 0.3 is 0 Å². The minimum atomic E-state index is -0.792. The highest BCUT2D eigenvalue weighted by atomic mass is 19.1. The number of rotatable bonds is 4. The largest absolute Gasteiger partial charge is 0.484 e. The second-order valence-corrected chi connectivity index (χ2v) is 3.95. The molecule has 0 aromatic heterocycles. The van der Waals surface area contributed by atoms with E-state index in [2.05, 4.69) is 5.32 Å². The van der Waals surface area contributed by atoms with Gasteiger partial charge in [0, 0.05) is 11.8 Å². The van der Waals surface area contributed by atoms with E-state index in [9.17, 15) is 18.0 Å². The fraction of sp³-hybridized carbons (Fsp3) is 0.0714. The SMILES string of the molecule is O=C(COc1ccc(F)cc1)Nc1cc(F)cc(F)c1. The van der Waals surface area contributed by atoms with Crippen LogP contribution in [0.15, 0.2) is 42.5 Å². The van der Waals surface area contributed by atoms with Crippen LogP contribution in [0.2, 0.25) is 0 Å². The minimum absolute atomic E-state index is 0.00444. The van der Waals surface area contributed by atoms with Crippen LogP contribution >= 0.6 is 0 Å². The van der Waals surface area contributed by atoms with Gasteiger partial charge in [-0.3, -0.25) is 4.79 Å². The average molecular weight is 281 g/mol. The molecule has 1 amide bonds. The molecule has 2 aromatic rings. The smallest absolute Gasteiger partial charge is 0.262 e. The van der Waals surface area contributed by atoms with Crippen molar-refractivity contribution in [3.05, 3.63) is 59.9 Å². The summed E-state index contributed by atoms with van der Waals surface area (Å²) in [4.78, 5) is 11.5. The third-order valence-electron chi connectivity index (χ3n) is 2.33. The Morgan fingerprint density at radius 1 is 0.950 bits per heavy atom. The molecule has 2 rings (SSSR count). The Labute approximate surface area is 113 Å². The van der Waals surface area contributed by atoms with E-state index in [4.69, 9.17) is 4.74 Å². The second-order valence-electron chi connectivity index (χ2n) is 3.95. The number of amides is 1. The number of hydrogen-bond donors (Lipinski definition) is 1. The van der Waals surface area contributed by atoms with Gasteiger partial charge in [-0.05, 0) is 36.4 Å². The lowest BCUT2D eigenvalue weighted by atomic mass is 10.3. The molecule has 0 aliphatic heterocycles. The van der Waals surface area contributed by atoms with E-state index < -0.39 is 23.4 Å². The van der Waals surface area contributed by atoms with Gasteiger partial charge in [0.1, 0.15) is 23.2 Å². The Hall–Kier alpha value is -2.50. The predicted octanol–water partition coefficient (Wildman–Crippen LogP) is 3.12. The zero-order valence-corrected chi connectivity index (χ0v) is 10.2. The van der Waals surface area contributed by atoms with Crippen molar-refractivity contribution in [1.82, 2.24) is 0 Å². The summed E-state index contributed by atoms with van der Waals surface area (Å²) in [5.74, 6) is -2.28. The van der Waals surface area contributed by atoms with Crippen LogP contribution in [-0.2, 0) is 4.79 Å². The third-order valence-corrected chi connectivity index (χ3v) is 2.33. The molecule has 0 spiro atoms. The monoisotopic (exact) mass is 281 g/mol. The highest BCUT2D eigenvalue weighted by Crippen LogP contribution is 2.14. The van der Waals surface area contributed by atoms with Gasteiger partial charge in [0.2, 0.25) is 0 Å². The van der Waals surface area contributed by atoms with Gasteiger partial charge in [0.25, 0.3) is 5.91 Å². The van der Waals surface area contributed by atoms with E-state index in [-0.39, 0.29) is 12.3 Å². The summed E-state index contributed by atoms with van der Waals surface area (Å²) >= 11 is 0. The van der Waals surface area contributed by atoms with Crippen molar-refractivity contribution in [2.75, 3.05) is 11.9 Å². The van der Waals surface area contributed by atoms with Crippen LogP contribution in [0.25, 0.3) is 0 Å². The summed E-state index contributed by atoms with van der Waals surface area (Å²) in [6, 6.07) is 7.78. The van der Waals surface area contributed by atoms with Crippen molar-refractivity contribution in [2.24, 2.45) is 0 Å². The normalized spacial score (nSPS) is 10.2. The van der Waals surface area contributed by atoms with Gasteiger partial charge in [-0.1, -0.05) is 0 Å². The molecular weight excluding hydrogens is 271 g/mol. The quantitative estimate of drug-likeness (QED) is 0.935. The Balaban J connectivity index is 1.90. The van der Waals surface area contributed by atoms with Gasteiger partial charge in [-0.25, -0.2) is 13.2 Å². The van der Waals surface area contributed by atoms with Crippen LogP contribution in [-0.4, -0.2) is 12.5 Å². The number of nitrogens with one attached hydrogen (secondary N) is 1. The van der Waals surface area contributed by atoms with Crippen molar-refractivity contribution in [2.45, 2.75) is 0 Å². The predicted molar refractivity (Wildman–Crippen MR) is 66.9 cm³/mol. The number of ether oxygens (including phenoxy) is 1. The number of halogens is 3. The summed E-state index contributed by atoms with van der Waals surface area (Å²) in [5, 5.41) is 2.29. The lowest BCUT2D eigenvalue weighted by Crippen LogP contribution is -2.20. The molecule has 0 saturated heterocycles. The van der Waals surface area contributed by atoms with Gasteiger partial charge in [0.15, 0.2) is 6.61 Å². The first-order valence-electron chi connectivity index (χ1n) is 5.67. The first-order valence-corrected chi connectivity index (χ1v) is 5.67. The maximum absolute atomic E-state index is 12.9. The molecule has 6 heteroatoms. The van der Waals surface area contributed by atoms with Crippen LogP contribution in [0.3, 0.4) is 0 Å². The Kier molecular flexibility index (Phi) is 4.24. The van der Waals surface area contributed by atoms with E-state index in [0.29, 0.717) is 11.8 Å². The van der Waals surface area contributed by atoms with Crippen LogP contribution in [0.4, 0.5) is 18.9 Å². The number of carbonyl (C=O) groups is 1. The van der Waals surface area contributed by atoms with Crippen molar-refractivity contribution in [1.29, 1.82) is 0 Å². The van der Waals surface area contributed by atoms with Gasteiger partial charge in [-0.2, -0.15) is 0 Å². The highest BCUT2D eigenvalue weighted by Gasteiger charge is 2.06. The first-order chi connectivity index (χ1) is 9.52. The fourth-order valence-electron chi connectivity index (χ4n) is 1.50. The molecule has 20 heavy (non-hydrogen) atoms. The molecule has 0 atom stereocenters. The first kappa shape index (κ1) is 13.9. The fourth-order valence-corrected chi connectivity index (χ4v) is 1.50. The van der Waals surface area contributed by atoms with Crippen molar-refractivity contribution < 1.29 is 22.7 Å². The molecule has 0 radical (unpaired) electrons. The zero-order valence-electron chi connectivity index (χ0n) is 10.2. The van der Waals surface area contributed by atoms with Crippen molar-refractivity contribution in [3.63, 3.8) is 0 Å². The van der Waals surface area contributed by atoms with Crippen molar-refractivity contribution in [3.8, 4) is 5.75 Å². The zero-order chi connectivity index (χ0) is 14.5. The minimum Gasteiger partial charge on any atom is -0.484 e. The van der Waals surface area contributed by atoms with Gasteiger partial charge < -0.3 is 10.1 Å². The molecule has 104 valence electrons. The molecule has 3 nitrogen and oxygen atoms in total. The summed E-state index contributed by atoms with van der Waals surface area (Å²) in [6.07, 6.45) is 0. The van der Waals surface area contributed by atoms with Crippen LogP contribution in [0.1, 0.15) is 0 Å². The molecule has 0 aliphatic rings. The summed E-state index contributed by atoms with van der Waals surface area (Å²) in [5.41, 5.74) is -0.00444. The Morgan fingerprint density at radius 2 is 1.55 bits per heavy atom. The molecule has 0 heterocycles. The number of anilines is 1. The number of hydrogen-bond acceptors (Lipinski definition) is 2. The lowest BCUT2D eigenvalue weighted by Gasteiger charge is -2.07. The van der Waals surface area contributed by atoms with Crippen molar-refractivity contribution >= 4 is 11.6 Å². The van der Waals surface area contributed by atoms with Gasteiger partial charge in [0.05, 0.1) is 0 Å². The van der Waals surface area contributed by atoms with E-state index in [1.165, 1.54) is 24.3 Å². The second kappa shape index (κ2) is 6.10. The molecule has 0 unspecified atom stereocenters. The van der Waals surface area contributed by atoms with E-state index >= 15 is 0 Å². The Bertz CT molecular complexity index is 594. The summed E-state index contributed by atoms with van der Waals surface area (Å²) in [7, 11) is 0. The van der Waals surface area contributed by atoms with Gasteiger partial charge in [-0.15, -0.1) is 0 Å². The molecular formula is C14H10F3NO2.